The van der Waals surface area contributed by atoms with Crippen LogP contribution in [-0.4, -0.2) is 32.6 Å². The Balaban J connectivity index is 1.37. The first-order valence-electron chi connectivity index (χ1n) is 11.4. The third kappa shape index (κ3) is 4.67. The van der Waals surface area contributed by atoms with Crippen LogP contribution in [0.3, 0.4) is 0 Å². The van der Waals surface area contributed by atoms with Gasteiger partial charge in [0.25, 0.3) is 11.8 Å². The Labute approximate surface area is 210 Å². The zero-order chi connectivity index (χ0) is 26.1. The van der Waals surface area contributed by atoms with Crippen molar-refractivity contribution in [3.63, 3.8) is 0 Å². The molecule has 1 N–H and O–H groups in total. The summed E-state index contributed by atoms with van der Waals surface area (Å²) in [5.74, 6) is -3.02. The monoisotopic (exact) mass is 498 g/mol. The van der Waals surface area contributed by atoms with E-state index in [1.807, 2.05) is 13.0 Å². The van der Waals surface area contributed by atoms with Crippen LogP contribution in [0.2, 0.25) is 0 Å². The number of benzene rings is 2. The van der Waals surface area contributed by atoms with E-state index in [0.29, 0.717) is 35.5 Å². The van der Waals surface area contributed by atoms with Crippen LogP contribution in [0, 0.1) is 23.1 Å². The van der Waals surface area contributed by atoms with Gasteiger partial charge in [-0.2, -0.15) is 14.8 Å². The number of rotatable bonds is 5. The van der Waals surface area contributed by atoms with E-state index in [2.05, 4.69) is 15.4 Å². The highest BCUT2D eigenvalue weighted by Gasteiger charge is 2.35. The molecule has 0 bridgehead atoms. The molecular formula is C27H20F2N6O2. The van der Waals surface area contributed by atoms with Crippen LogP contribution in [0.15, 0.2) is 67.0 Å². The minimum absolute atomic E-state index is 0.131. The topological polar surface area (TPSA) is 104 Å². The van der Waals surface area contributed by atoms with Gasteiger partial charge in [0.1, 0.15) is 5.69 Å². The molecule has 2 amide bonds. The van der Waals surface area contributed by atoms with Crippen molar-refractivity contribution in [2.24, 2.45) is 0 Å². The predicted molar refractivity (Wildman–Crippen MR) is 131 cm³/mol. The molecular weight excluding hydrogens is 478 g/mol. The molecule has 0 saturated heterocycles. The maximum atomic E-state index is 13.6. The molecule has 0 spiro atoms. The summed E-state index contributed by atoms with van der Waals surface area (Å²) >= 11 is 0. The Morgan fingerprint density at radius 1 is 1.14 bits per heavy atom. The zero-order valence-corrected chi connectivity index (χ0v) is 19.7. The number of carbonyl (C=O) groups excluding carboxylic acids is 2. The SMILES string of the molecule is CC1Cn2ncc(C(=O)Nc3cccc(C#N)c3)c2C(=O)N1c1ccc(Cc2cnc(F)c(F)c2)cc1. The molecule has 1 atom stereocenters. The van der Waals surface area contributed by atoms with Crippen molar-refractivity contribution in [3.8, 4) is 6.07 Å². The molecule has 184 valence electrons. The average Bonchev–Trinajstić information content (AvgIpc) is 3.31. The lowest BCUT2D eigenvalue weighted by Gasteiger charge is -2.34. The Hall–Kier alpha value is -4.91. The smallest absolute Gasteiger partial charge is 0.277 e. The lowest BCUT2D eigenvalue weighted by atomic mass is 10.0. The lowest BCUT2D eigenvalue weighted by molar-refractivity contribution is 0.0933. The van der Waals surface area contributed by atoms with Crippen molar-refractivity contribution in [1.82, 2.24) is 14.8 Å². The van der Waals surface area contributed by atoms with Gasteiger partial charge in [-0.05, 0) is 60.9 Å². The van der Waals surface area contributed by atoms with Gasteiger partial charge in [0.2, 0.25) is 5.95 Å². The maximum Gasteiger partial charge on any atom is 0.277 e. The first kappa shape index (κ1) is 23.8. The molecule has 0 aliphatic carbocycles. The number of aromatic nitrogens is 3. The highest BCUT2D eigenvalue weighted by atomic mass is 19.2. The highest BCUT2D eigenvalue weighted by molar-refractivity contribution is 6.15. The number of fused-ring (bicyclic) bond motifs is 1. The molecule has 1 unspecified atom stereocenters. The highest BCUT2D eigenvalue weighted by Crippen LogP contribution is 2.28. The number of halogens is 2. The third-order valence-corrected chi connectivity index (χ3v) is 6.11. The van der Waals surface area contributed by atoms with Crippen LogP contribution in [0.1, 0.15) is 44.5 Å². The summed E-state index contributed by atoms with van der Waals surface area (Å²) < 4.78 is 28.1. The van der Waals surface area contributed by atoms with Crippen LogP contribution in [-0.2, 0) is 13.0 Å². The fraction of sp³-hybridized carbons (Fsp3) is 0.148. The van der Waals surface area contributed by atoms with Gasteiger partial charge in [0.05, 0.1) is 36.0 Å². The number of anilines is 2. The second-order valence-electron chi connectivity index (χ2n) is 8.72. The number of carbonyl (C=O) groups is 2. The van der Waals surface area contributed by atoms with Gasteiger partial charge in [-0.1, -0.05) is 18.2 Å². The van der Waals surface area contributed by atoms with Gasteiger partial charge in [0, 0.05) is 17.6 Å². The molecule has 2 aromatic carbocycles. The third-order valence-electron chi connectivity index (χ3n) is 6.11. The largest absolute Gasteiger partial charge is 0.322 e. The summed E-state index contributed by atoms with van der Waals surface area (Å²) in [7, 11) is 0. The maximum absolute atomic E-state index is 13.6. The number of hydrogen-bond acceptors (Lipinski definition) is 5. The first-order chi connectivity index (χ1) is 17.8. The van der Waals surface area contributed by atoms with Crippen molar-refractivity contribution >= 4 is 23.2 Å². The Morgan fingerprint density at radius 2 is 1.92 bits per heavy atom. The van der Waals surface area contributed by atoms with Crippen molar-refractivity contribution in [2.45, 2.75) is 25.9 Å². The van der Waals surface area contributed by atoms with Gasteiger partial charge in [0.15, 0.2) is 5.82 Å². The molecule has 0 saturated carbocycles. The van der Waals surface area contributed by atoms with Crippen LogP contribution >= 0.6 is 0 Å². The minimum Gasteiger partial charge on any atom is -0.322 e. The molecule has 5 rings (SSSR count). The first-order valence-corrected chi connectivity index (χ1v) is 11.4. The normalized spacial score (nSPS) is 14.7. The summed E-state index contributed by atoms with van der Waals surface area (Å²) in [6, 6.07) is 16.5. The Kier molecular flexibility index (Phi) is 6.19. The van der Waals surface area contributed by atoms with Gasteiger partial charge >= 0.3 is 0 Å². The van der Waals surface area contributed by atoms with Gasteiger partial charge < -0.3 is 10.2 Å². The molecule has 3 heterocycles. The Morgan fingerprint density at radius 3 is 2.65 bits per heavy atom. The van der Waals surface area contributed by atoms with E-state index < -0.39 is 17.7 Å². The Bertz CT molecular complexity index is 1560. The summed E-state index contributed by atoms with van der Waals surface area (Å²) in [5.41, 5.74) is 3.12. The zero-order valence-electron chi connectivity index (χ0n) is 19.7. The molecule has 37 heavy (non-hydrogen) atoms. The minimum atomic E-state index is -1.14. The van der Waals surface area contributed by atoms with Gasteiger partial charge in [-0.15, -0.1) is 0 Å². The number of nitrogens with one attached hydrogen (secondary N) is 1. The predicted octanol–water partition coefficient (Wildman–Crippen LogP) is 4.32. The van der Waals surface area contributed by atoms with Gasteiger partial charge in [-0.25, -0.2) is 9.37 Å². The fourth-order valence-electron chi connectivity index (χ4n) is 4.37. The van der Waals surface area contributed by atoms with Crippen LogP contribution in [0.4, 0.5) is 20.2 Å². The van der Waals surface area contributed by atoms with Crippen LogP contribution < -0.4 is 10.2 Å². The van der Waals surface area contributed by atoms with Crippen LogP contribution in [0.25, 0.3) is 0 Å². The molecule has 1 aliphatic rings. The summed E-state index contributed by atoms with van der Waals surface area (Å²) in [6.07, 6.45) is 3.00. The van der Waals surface area contributed by atoms with E-state index in [-0.39, 0.29) is 23.2 Å². The second-order valence-corrected chi connectivity index (χ2v) is 8.72. The number of nitrogens with zero attached hydrogens (tertiary/aromatic N) is 5. The van der Waals surface area contributed by atoms with Crippen molar-refractivity contribution in [1.29, 1.82) is 5.26 Å². The van der Waals surface area contributed by atoms with E-state index >= 15 is 0 Å². The fourth-order valence-corrected chi connectivity index (χ4v) is 4.37. The summed E-state index contributed by atoms with van der Waals surface area (Å²) in [5, 5.41) is 16.1. The van der Waals surface area contributed by atoms with Crippen molar-refractivity contribution < 1.29 is 18.4 Å². The molecule has 0 fully saturated rings. The number of hydrogen-bond donors (Lipinski definition) is 1. The quantitative estimate of drug-likeness (QED) is 0.413. The molecule has 10 heteroatoms. The van der Waals surface area contributed by atoms with E-state index in [1.165, 1.54) is 17.1 Å². The van der Waals surface area contributed by atoms with E-state index in [4.69, 9.17) is 5.26 Å². The number of amides is 2. The summed E-state index contributed by atoms with van der Waals surface area (Å²) in [4.78, 5) is 31.6. The average molecular weight is 498 g/mol. The van der Waals surface area contributed by atoms with E-state index in [0.717, 1.165) is 11.6 Å². The molecule has 8 nitrogen and oxygen atoms in total. The number of pyridine rings is 1. The molecule has 2 aromatic heterocycles. The molecule has 0 radical (unpaired) electrons. The van der Waals surface area contributed by atoms with E-state index in [1.54, 1.807) is 53.4 Å². The number of nitriles is 1. The van der Waals surface area contributed by atoms with Gasteiger partial charge in [-0.3, -0.25) is 14.3 Å². The van der Waals surface area contributed by atoms with Crippen molar-refractivity contribution in [2.75, 3.05) is 10.2 Å². The second kappa shape index (κ2) is 9.62. The van der Waals surface area contributed by atoms with Crippen molar-refractivity contribution in [3.05, 3.63) is 107 Å². The van der Waals surface area contributed by atoms with E-state index in [9.17, 15) is 18.4 Å². The molecule has 4 aromatic rings. The summed E-state index contributed by atoms with van der Waals surface area (Å²) in [6.45, 7) is 2.27. The standard InChI is InChI=1S/C27H20F2N6O2/c1-16-15-34-24(22(14-32-34)26(36)33-20-4-2-3-18(10-20)12-30)27(37)35(16)21-7-5-17(6-8-21)9-19-11-23(28)25(29)31-13-19/h2-8,10-11,13-14,16H,9,15H2,1H3,(H,33,36). The lowest BCUT2D eigenvalue weighted by Crippen LogP contribution is -2.47. The van der Waals surface area contributed by atoms with Crippen LogP contribution in [0.5, 0.6) is 0 Å². The molecule has 1 aliphatic heterocycles.